The summed E-state index contributed by atoms with van der Waals surface area (Å²) in [5, 5.41) is 6.53. The molecule has 2 N–H and O–H groups in total. The van der Waals surface area contributed by atoms with Gasteiger partial charge in [0.05, 0.1) is 26.4 Å². The number of hydrogen-bond donors (Lipinski definition) is 2. The van der Waals surface area contributed by atoms with Crippen molar-refractivity contribution < 1.29 is 9.47 Å². The van der Waals surface area contributed by atoms with E-state index in [1.54, 1.807) is 6.20 Å². The largest absolute Gasteiger partial charge is 0.379 e. The molecule has 0 aromatic carbocycles. The summed E-state index contributed by atoms with van der Waals surface area (Å²) in [7, 11) is 0. The number of nitrogens with zero attached hydrogens (tertiary/aromatic N) is 4. The molecule has 30 heavy (non-hydrogen) atoms. The molecule has 2 aromatic rings. The summed E-state index contributed by atoms with van der Waals surface area (Å²) in [6.07, 6.45) is 7.78. The minimum Gasteiger partial charge on any atom is -0.379 e. The van der Waals surface area contributed by atoms with E-state index in [4.69, 9.17) is 9.47 Å². The van der Waals surface area contributed by atoms with Crippen LogP contribution in [0.15, 0.2) is 35.7 Å². The van der Waals surface area contributed by atoms with E-state index >= 15 is 0 Å². The Labute approximate surface area is 196 Å². The molecule has 0 aliphatic carbocycles. The fraction of sp³-hybridized carbons (Fsp3) is 0.571. The van der Waals surface area contributed by atoms with Crippen molar-refractivity contribution in [2.45, 2.75) is 40.2 Å². The van der Waals surface area contributed by atoms with Crippen LogP contribution in [0.1, 0.15) is 38.1 Å². The van der Waals surface area contributed by atoms with Crippen LogP contribution in [0, 0.1) is 6.92 Å². The van der Waals surface area contributed by atoms with Gasteiger partial charge in [0.15, 0.2) is 5.96 Å². The van der Waals surface area contributed by atoms with Crippen LogP contribution in [0.2, 0.25) is 0 Å². The first-order valence-electron chi connectivity index (χ1n) is 10.4. The van der Waals surface area contributed by atoms with Crippen molar-refractivity contribution in [3.63, 3.8) is 0 Å². The smallest absolute Gasteiger partial charge is 0.191 e. The Hall–Kier alpha value is -1.72. The number of nitrogens with one attached hydrogen (secondary N) is 2. The van der Waals surface area contributed by atoms with Gasteiger partial charge in [0.25, 0.3) is 0 Å². The molecule has 0 bridgehead atoms. The van der Waals surface area contributed by atoms with Crippen molar-refractivity contribution in [1.82, 2.24) is 25.2 Å². The number of aryl methyl sites for hydroxylation is 1. The van der Waals surface area contributed by atoms with E-state index in [-0.39, 0.29) is 24.0 Å². The Bertz CT molecular complexity index is 721. The van der Waals surface area contributed by atoms with Gasteiger partial charge < -0.3 is 20.1 Å². The highest BCUT2D eigenvalue weighted by Crippen LogP contribution is 2.09. The molecular weight excluding hydrogens is 495 g/mol. The average Bonchev–Trinajstić information content (AvgIpc) is 3.17. The van der Waals surface area contributed by atoms with Crippen LogP contribution in [0.3, 0.4) is 0 Å². The van der Waals surface area contributed by atoms with Crippen molar-refractivity contribution in [2.24, 2.45) is 4.99 Å². The fourth-order valence-corrected chi connectivity index (χ4v) is 2.59. The summed E-state index contributed by atoms with van der Waals surface area (Å²) in [4.78, 5) is 13.4. The SMILES string of the molecule is CCCCOCCOCCNC(=NCc1ccc(-n2ccnc2C)nc1)NCC.I. The fourth-order valence-electron chi connectivity index (χ4n) is 2.59. The standard InChI is InChI=1S/C21H34N6O2.HI/c1-4-6-12-28-14-15-29-13-10-24-21(22-5-2)26-17-19-7-8-20(25-16-19)27-11-9-23-18(27)3;/h7-9,11,16H,4-6,10,12-15,17H2,1-3H3,(H2,22,24,26);1H. The van der Waals surface area contributed by atoms with Crippen LogP contribution in [-0.4, -0.2) is 60.0 Å². The molecule has 0 unspecified atom stereocenters. The van der Waals surface area contributed by atoms with Gasteiger partial charge in [-0.15, -0.1) is 24.0 Å². The average molecular weight is 530 g/mol. The first kappa shape index (κ1) is 26.3. The van der Waals surface area contributed by atoms with Gasteiger partial charge in [0.2, 0.25) is 0 Å². The molecule has 0 saturated heterocycles. The van der Waals surface area contributed by atoms with Gasteiger partial charge in [-0.2, -0.15) is 0 Å². The number of aliphatic imine (C=N–C) groups is 1. The van der Waals surface area contributed by atoms with Crippen LogP contribution in [0.25, 0.3) is 5.82 Å². The third-order valence-corrected chi connectivity index (χ3v) is 4.20. The maximum Gasteiger partial charge on any atom is 0.191 e. The summed E-state index contributed by atoms with van der Waals surface area (Å²) in [6, 6.07) is 4.02. The molecule has 8 nitrogen and oxygen atoms in total. The Morgan fingerprint density at radius 2 is 1.87 bits per heavy atom. The van der Waals surface area contributed by atoms with Gasteiger partial charge in [-0.05, 0) is 31.9 Å². The summed E-state index contributed by atoms with van der Waals surface area (Å²) < 4.78 is 13.0. The maximum atomic E-state index is 5.58. The zero-order chi connectivity index (χ0) is 20.7. The van der Waals surface area contributed by atoms with Crippen molar-refractivity contribution in [3.8, 4) is 5.82 Å². The second-order valence-corrected chi connectivity index (χ2v) is 6.57. The molecule has 0 radical (unpaired) electrons. The lowest BCUT2D eigenvalue weighted by Crippen LogP contribution is -2.39. The van der Waals surface area contributed by atoms with Gasteiger partial charge in [-0.25, -0.2) is 15.0 Å². The lowest BCUT2D eigenvalue weighted by atomic mass is 10.3. The second kappa shape index (κ2) is 16.0. The highest BCUT2D eigenvalue weighted by molar-refractivity contribution is 14.0. The molecule has 9 heteroatoms. The predicted molar refractivity (Wildman–Crippen MR) is 131 cm³/mol. The third-order valence-electron chi connectivity index (χ3n) is 4.20. The normalized spacial score (nSPS) is 11.2. The summed E-state index contributed by atoms with van der Waals surface area (Å²) in [5.74, 6) is 2.54. The zero-order valence-electron chi connectivity index (χ0n) is 18.3. The monoisotopic (exact) mass is 530 g/mol. The Balaban J connectivity index is 0.00000450. The van der Waals surface area contributed by atoms with Crippen LogP contribution >= 0.6 is 24.0 Å². The van der Waals surface area contributed by atoms with Crippen molar-refractivity contribution in [3.05, 3.63) is 42.1 Å². The van der Waals surface area contributed by atoms with Gasteiger partial charge in [-0.3, -0.25) is 4.57 Å². The Morgan fingerprint density at radius 1 is 1.07 bits per heavy atom. The molecule has 2 rings (SSSR count). The molecule has 0 aliphatic rings. The molecule has 0 atom stereocenters. The molecule has 0 saturated carbocycles. The van der Waals surface area contributed by atoms with Crippen LogP contribution < -0.4 is 10.6 Å². The summed E-state index contributed by atoms with van der Waals surface area (Å²) >= 11 is 0. The number of unbranched alkanes of at least 4 members (excludes halogenated alkanes) is 1. The molecule has 2 heterocycles. The van der Waals surface area contributed by atoms with Gasteiger partial charge >= 0.3 is 0 Å². The number of halogens is 1. The summed E-state index contributed by atoms with van der Waals surface area (Å²) in [6.45, 7) is 10.9. The maximum absolute atomic E-state index is 5.58. The first-order valence-corrected chi connectivity index (χ1v) is 10.4. The quantitative estimate of drug-likeness (QED) is 0.179. The topological polar surface area (TPSA) is 85.6 Å². The molecule has 0 aliphatic heterocycles. The lowest BCUT2D eigenvalue weighted by Gasteiger charge is -2.12. The molecule has 0 amide bonds. The molecule has 2 aromatic heterocycles. The molecule has 168 valence electrons. The van der Waals surface area contributed by atoms with E-state index in [0.29, 0.717) is 32.9 Å². The van der Waals surface area contributed by atoms with E-state index in [2.05, 4.69) is 32.5 Å². The van der Waals surface area contributed by atoms with E-state index in [9.17, 15) is 0 Å². The highest BCUT2D eigenvalue weighted by Gasteiger charge is 2.02. The van der Waals surface area contributed by atoms with Crippen LogP contribution in [-0.2, 0) is 16.0 Å². The van der Waals surface area contributed by atoms with Gasteiger partial charge in [0.1, 0.15) is 11.6 Å². The lowest BCUT2D eigenvalue weighted by molar-refractivity contribution is 0.0487. The van der Waals surface area contributed by atoms with E-state index in [1.165, 1.54) is 0 Å². The summed E-state index contributed by atoms with van der Waals surface area (Å²) in [5.41, 5.74) is 1.05. The number of rotatable bonds is 13. The van der Waals surface area contributed by atoms with E-state index in [1.807, 2.05) is 42.9 Å². The minimum atomic E-state index is 0. The van der Waals surface area contributed by atoms with Gasteiger partial charge in [-0.1, -0.05) is 19.4 Å². The molecule has 0 fully saturated rings. The number of ether oxygens (including phenoxy) is 2. The zero-order valence-corrected chi connectivity index (χ0v) is 20.6. The van der Waals surface area contributed by atoms with Crippen molar-refractivity contribution in [2.75, 3.05) is 39.5 Å². The number of aromatic nitrogens is 3. The minimum absolute atomic E-state index is 0. The van der Waals surface area contributed by atoms with Crippen LogP contribution in [0.4, 0.5) is 0 Å². The molecular formula is C21H35IN6O2. The first-order chi connectivity index (χ1) is 14.2. The number of guanidine groups is 1. The number of pyridine rings is 1. The Kier molecular flexibility index (Phi) is 14.1. The number of imidazole rings is 1. The van der Waals surface area contributed by atoms with Crippen LogP contribution in [0.5, 0.6) is 0 Å². The Morgan fingerprint density at radius 3 is 2.50 bits per heavy atom. The van der Waals surface area contributed by atoms with Crippen molar-refractivity contribution >= 4 is 29.9 Å². The van der Waals surface area contributed by atoms with Gasteiger partial charge in [0, 0.05) is 38.3 Å². The highest BCUT2D eigenvalue weighted by atomic mass is 127. The second-order valence-electron chi connectivity index (χ2n) is 6.57. The number of hydrogen-bond acceptors (Lipinski definition) is 5. The van der Waals surface area contributed by atoms with E-state index in [0.717, 1.165) is 49.2 Å². The molecule has 0 spiro atoms. The predicted octanol–water partition coefficient (Wildman–Crippen LogP) is 3.08. The van der Waals surface area contributed by atoms with E-state index < -0.39 is 0 Å². The van der Waals surface area contributed by atoms with Crippen molar-refractivity contribution in [1.29, 1.82) is 0 Å². The third kappa shape index (κ3) is 9.86.